The Morgan fingerprint density at radius 1 is 1.28 bits per heavy atom. The van der Waals surface area contributed by atoms with Crippen molar-refractivity contribution in [1.29, 1.82) is 0 Å². The Kier molecular flexibility index (Phi) is 4.09. The molecule has 0 radical (unpaired) electrons. The van der Waals surface area contributed by atoms with Gasteiger partial charge in [0.2, 0.25) is 5.91 Å². The fourth-order valence-electron chi connectivity index (χ4n) is 3.28. The Labute approximate surface area is 151 Å². The first-order valence-electron chi connectivity index (χ1n) is 8.49. The number of nitrogens with zero attached hydrogens (tertiary/aromatic N) is 3. The first-order chi connectivity index (χ1) is 12.2. The zero-order valence-corrected chi connectivity index (χ0v) is 15.1. The van der Waals surface area contributed by atoms with Crippen LogP contribution in [0, 0.1) is 6.92 Å². The average molecular weight is 349 g/mol. The van der Waals surface area contributed by atoms with Crippen LogP contribution in [0.3, 0.4) is 0 Å². The van der Waals surface area contributed by atoms with E-state index in [2.05, 4.69) is 30.1 Å². The van der Waals surface area contributed by atoms with E-state index in [1.165, 1.54) is 10.4 Å². The highest BCUT2D eigenvalue weighted by Gasteiger charge is 2.24. The normalized spacial score (nSPS) is 13.1. The second-order valence-electron chi connectivity index (χ2n) is 6.16. The van der Waals surface area contributed by atoms with Gasteiger partial charge in [-0.1, -0.05) is 13.0 Å². The second-order valence-corrected chi connectivity index (χ2v) is 7.36. The Hall–Kier alpha value is -2.53. The second kappa shape index (κ2) is 6.41. The van der Waals surface area contributed by atoms with Gasteiger partial charge in [0.1, 0.15) is 5.01 Å². The predicted octanol–water partition coefficient (Wildman–Crippen LogP) is 4.48. The molecule has 4 nitrogen and oxygen atoms in total. The van der Waals surface area contributed by atoms with Crippen LogP contribution in [-0.4, -0.2) is 22.4 Å². The molecule has 0 N–H and O–H groups in total. The molecule has 0 unspecified atom stereocenters. The zero-order valence-electron chi connectivity index (χ0n) is 14.3. The van der Waals surface area contributed by atoms with Crippen molar-refractivity contribution in [3.63, 3.8) is 0 Å². The molecule has 1 aliphatic rings. The third kappa shape index (κ3) is 2.85. The van der Waals surface area contributed by atoms with Gasteiger partial charge in [-0.2, -0.15) is 0 Å². The summed E-state index contributed by atoms with van der Waals surface area (Å²) in [6.07, 6.45) is 5.07. The molecule has 3 heterocycles. The van der Waals surface area contributed by atoms with Gasteiger partial charge in [-0.25, -0.2) is 4.98 Å². The van der Waals surface area contributed by atoms with Crippen molar-refractivity contribution in [3.05, 3.63) is 53.2 Å². The van der Waals surface area contributed by atoms with Gasteiger partial charge in [0, 0.05) is 47.1 Å². The SMILES string of the molecule is CCC(=O)N1CCc2cc(-c3nc(-c4cccnc4)sc3C)ccc21. The lowest BCUT2D eigenvalue weighted by Gasteiger charge is -2.16. The Balaban J connectivity index is 1.70. The number of carbonyl (C=O) groups is 1. The highest BCUT2D eigenvalue weighted by Crippen LogP contribution is 2.36. The van der Waals surface area contributed by atoms with Gasteiger partial charge >= 0.3 is 0 Å². The molecular weight excluding hydrogens is 330 g/mol. The van der Waals surface area contributed by atoms with E-state index in [4.69, 9.17) is 4.98 Å². The first-order valence-corrected chi connectivity index (χ1v) is 9.30. The molecule has 1 amide bonds. The quantitative estimate of drug-likeness (QED) is 0.700. The van der Waals surface area contributed by atoms with E-state index in [0.717, 1.165) is 40.5 Å². The van der Waals surface area contributed by atoms with E-state index in [9.17, 15) is 4.79 Å². The van der Waals surface area contributed by atoms with E-state index < -0.39 is 0 Å². The molecule has 1 aliphatic heterocycles. The minimum absolute atomic E-state index is 0.190. The summed E-state index contributed by atoms with van der Waals surface area (Å²) < 4.78 is 0. The van der Waals surface area contributed by atoms with E-state index in [1.54, 1.807) is 17.5 Å². The molecule has 0 bridgehead atoms. The third-order valence-corrected chi connectivity index (χ3v) is 5.58. The highest BCUT2D eigenvalue weighted by atomic mass is 32.1. The van der Waals surface area contributed by atoms with E-state index in [-0.39, 0.29) is 5.91 Å². The summed E-state index contributed by atoms with van der Waals surface area (Å²) in [7, 11) is 0. The van der Waals surface area contributed by atoms with Crippen LogP contribution < -0.4 is 4.90 Å². The van der Waals surface area contributed by atoms with Crippen LogP contribution in [0.4, 0.5) is 5.69 Å². The molecule has 2 aromatic heterocycles. The minimum Gasteiger partial charge on any atom is -0.312 e. The third-order valence-electron chi connectivity index (χ3n) is 4.56. The number of pyridine rings is 1. The number of benzene rings is 1. The molecule has 5 heteroatoms. The van der Waals surface area contributed by atoms with Crippen molar-refractivity contribution in [2.75, 3.05) is 11.4 Å². The number of rotatable bonds is 3. The highest BCUT2D eigenvalue weighted by molar-refractivity contribution is 7.15. The lowest BCUT2D eigenvalue weighted by molar-refractivity contribution is -0.118. The largest absolute Gasteiger partial charge is 0.312 e. The molecule has 25 heavy (non-hydrogen) atoms. The van der Waals surface area contributed by atoms with Crippen LogP contribution >= 0.6 is 11.3 Å². The van der Waals surface area contributed by atoms with Crippen LogP contribution in [-0.2, 0) is 11.2 Å². The number of thiazole rings is 1. The number of amides is 1. The maximum atomic E-state index is 12.1. The van der Waals surface area contributed by atoms with Gasteiger partial charge in [-0.05, 0) is 43.2 Å². The van der Waals surface area contributed by atoms with Gasteiger partial charge < -0.3 is 4.90 Å². The molecule has 0 fully saturated rings. The summed E-state index contributed by atoms with van der Waals surface area (Å²) in [5, 5.41) is 0.990. The number of hydrogen-bond acceptors (Lipinski definition) is 4. The molecule has 0 saturated carbocycles. The van der Waals surface area contributed by atoms with Crippen LogP contribution in [0.15, 0.2) is 42.7 Å². The van der Waals surface area contributed by atoms with Gasteiger partial charge in [-0.15, -0.1) is 11.3 Å². The first kappa shape index (κ1) is 16.0. The molecule has 0 aliphatic carbocycles. The number of anilines is 1. The lowest BCUT2D eigenvalue weighted by atomic mass is 10.1. The maximum Gasteiger partial charge on any atom is 0.226 e. The summed E-state index contributed by atoms with van der Waals surface area (Å²) in [5.41, 5.74) is 5.47. The summed E-state index contributed by atoms with van der Waals surface area (Å²) in [4.78, 5) is 24.2. The lowest BCUT2D eigenvalue weighted by Crippen LogP contribution is -2.27. The number of carbonyl (C=O) groups excluding carboxylic acids is 1. The monoisotopic (exact) mass is 349 g/mol. The average Bonchev–Trinajstić information content (AvgIpc) is 3.25. The Morgan fingerprint density at radius 3 is 2.92 bits per heavy atom. The van der Waals surface area contributed by atoms with Crippen molar-refractivity contribution in [2.24, 2.45) is 0 Å². The van der Waals surface area contributed by atoms with Crippen LogP contribution in [0.1, 0.15) is 23.8 Å². The van der Waals surface area contributed by atoms with Crippen molar-refractivity contribution in [2.45, 2.75) is 26.7 Å². The molecular formula is C20H19N3OS. The number of hydrogen-bond donors (Lipinski definition) is 0. The van der Waals surface area contributed by atoms with Crippen molar-refractivity contribution < 1.29 is 4.79 Å². The van der Waals surface area contributed by atoms with E-state index in [1.807, 2.05) is 30.2 Å². The van der Waals surface area contributed by atoms with Gasteiger partial charge in [0.05, 0.1) is 5.69 Å². The number of aryl methyl sites for hydroxylation is 1. The predicted molar refractivity (Wildman–Crippen MR) is 102 cm³/mol. The molecule has 4 rings (SSSR count). The van der Waals surface area contributed by atoms with Crippen LogP contribution in [0.5, 0.6) is 0 Å². The van der Waals surface area contributed by atoms with Crippen molar-refractivity contribution in [1.82, 2.24) is 9.97 Å². The van der Waals surface area contributed by atoms with Gasteiger partial charge in [0.15, 0.2) is 0 Å². The fourth-order valence-corrected chi connectivity index (χ4v) is 4.20. The topological polar surface area (TPSA) is 46.1 Å². The number of fused-ring (bicyclic) bond motifs is 1. The van der Waals surface area contributed by atoms with Gasteiger partial charge in [-0.3, -0.25) is 9.78 Å². The van der Waals surface area contributed by atoms with Crippen molar-refractivity contribution in [3.8, 4) is 21.8 Å². The molecule has 3 aromatic rings. The van der Waals surface area contributed by atoms with E-state index >= 15 is 0 Å². The standard InChI is InChI=1S/C20H19N3OS/c1-3-18(24)23-10-8-14-11-15(6-7-17(14)23)19-13(2)25-20(22-19)16-5-4-9-21-12-16/h4-7,9,11-12H,3,8,10H2,1-2H3. The molecule has 0 saturated heterocycles. The van der Waals surface area contributed by atoms with Crippen LogP contribution in [0.25, 0.3) is 21.8 Å². The van der Waals surface area contributed by atoms with Crippen LogP contribution in [0.2, 0.25) is 0 Å². The minimum atomic E-state index is 0.190. The maximum absolute atomic E-state index is 12.1. The molecule has 1 aromatic carbocycles. The summed E-state index contributed by atoms with van der Waals surface area (Å²) >= 11 is 1.69. The summed E-state index contributed by atoms with van der Waals surface area (Å²) in [6.45, 7) is 4.79. The Morgan fingerprint density at radius 2 is 2.16 bits per heavy atom. The number of aromatic nitrogens is 2. The summed E-state index contributed by atoms with van der Waals surface area (Å²) in [6, 6.07) is 10.3. The molecule has 0 atom stereocenters. The molecule has 0 spiro atoms. The van der Waals surface area contributed by atoms with Crippen molar-refractivity contribution >= 4 is 22.9 Å². The fraction of sp³-hybridized carbons (Fsp3) is 0.250. The summed E-state index contributed by atoms with van der Waals surface area (Å²) in [5.74, 6) is 0.190. The van der Waals surface area contributed by atoms with Gasteiger partial charge in [0.25, 0.3) is 0 Å². The van der Waals surface area contributed by atoms with E-state index in [0.29, 0.717) is 6.42 Å². The zero-order chi connectivity index (χ0) is 17.4. The molecule has 126 valence electrons. The Bertz CT molecular complexity index is 933. The smallest absolute Gasteiger partial charge is 0.226 e.